The van der Waals surface area contributed by atoms with Crippen molar-refractivity contribution in [1.82, 2.24) is 5.32 Å². The Kier molecular flexibility index (Phi) is 5.33. The predicted octanol–water partition coefficient (Wildman–Crippen LogP) is 2.65. The summed E-state index contributed by atoms with van der Waals surface area (Å²) in [6.07, 6.45) is 1.23. The topological polar surface area (TPSA) is 55.4 Å². The molecule has 22 heavy (non-hydrogen) atoms. The monoisotopic (exact) mass is 337 g/mol. The number of hydrogen-bond acceptors (Lipinski definition) is 4. The Morgan fingerprint density at radius 3 is 2.73 bits per heavy atom. The maximum Gasteiger partial charge on any atom is 0.387 e. The zero-order valence-electron chi connectivity index (χ0n) is 12.1. The molecule has 0 bridgehead atoms. The molecule has 0 spiro atoms. The molecule has 8 heteroatoms. The molecule has 0 unspecified atom stereocenters. The van der Waals surface area contributed by atoms with E-state index in [2.05, 4.69) is 10.1 Å². The molecule has 2 atom stereocenters. The molecule has 0 saturated carbocycles. The summed E-state index contributed by atoms with van der Waals surface area (Å²) >= 11 is 0. The largest absolute Gasteiger partial charge is 0.434 e. The Labute approximate surface area is 127 Å². The van der Waals surface area contributed by atoms with Gasteiger partial charge in [0, 0.05) is 24.2 Å². The van der Waals surface area contributed by atoms with Gasteiger partial charge in [-0.15, -0.1) is 0 Å². The highest BCUT2D eigenvalue weighted by Gasteiger charge is 2.31. The van der Waals surface area contributed by atoms with Gasteiger partial charge in [0.25, 0.3) is 0 Å². The first-order chi connectivity index (χ1) is 10.3. The van der Waals surface area contributed by atoms with Crippen molar-refractivity contribution in [3.05, 3.63) is 29.6 Å². The first-order valence-electron chi connectivity index (χ1n) is 6.99. The highest BCUT2D eigenvalue weighted by Crippen LogP contribution is 2.28. The SMILES string of the molecule is C[C@H](NC[C@@H]1CCCS1(=O)=O)c1ccc(F)cc1OC(F)F. The summed E-state index contributed by atoms with van der Waals surface area (Å²) in [6, 6.07) is 2.96. The fourth-order valence-electron chi connectivity index (χ4n) is 2.57. The van der Waals surface area contributed by atoms with Crippen LogP contribution in [0.15, 0.2) is 18.2 Å². The molecule has 1 aromatic rings. The summed E-state index contributed by atoms with van der Waals surface area (Å²) in [5, 5.41) is 2.54. The third-order valence-electron chi connectivity index (χ3n) is 3.77. The molecule has 0 amide bonds. The van der Waals surface area contributed by atoms with Crippen molar-refractivity contribution in [2.75, 3.05) is 12.3 Å². The van der Waals surface area contributed by atoms with Gasteiger partial charge in [0.2, 0.25) is 0 Å². The molecule has 1 fully saturated rings. The minimum Gasteiger partial charge on any atom is -0.434 e. The molecular formula is C14H18F3NO3S. The molecule has 4 nitrogen and oxygen atoms in total. The molecule has 1 N–H and O–H groups in total. The fraction of sp³-hybridized carbons (Fsp3) is 0.571. The van der Waals surface area contributed by atoms with Gasteiger partial charge in [0.1, 0.15) is 11.6 Å². The number of nitrogens with one attached hydrogen (secondary N) is 1. The first kappa shape index (κ1) is 17.1. The second kappa shape index (κ2) is 6.87. The number of alkyl halides is 2. The smallest absolute Gasteiger partial charge is 0.387 e. The number of benzene rings is 1. The van der Waals surface area contributed by atoms with Crippen LogP contribution in [0.3, 0.4) is 0 Å². The van der Waals surface area contributed by atoms with Gasteiger partial charge >= 0.3 is 6.61 Å². The molecular weight excluding hydrogens is 319 g/mol. The standard InChI is InChI=1S/C14H18F3NO3S/c1-9(18-8-11-3-2-6-22(11,19)20)12-5-4-10(15)7-13(12)21-14(16)17/h4-5,7,9,11,14,18H,2-3,6,8H2,1H3/t9-,11-/m0/s1. The van der Waals surface area contributed by atoms with Gasteiger partial charge in [-0.1, -0.05) is 6.07 Å². The van der Waals surface area contributed by atoms with E-state index >= 15 is 0 Å². The van der Waals surface area contributed by atoms with Crippen LogP contribution in [-0.4, -0.2) is 32.6 Å². The summed E-state index contributed by atoms with van der Waals surface area (Å²) in [6.45, 7) is -1.13. The van der Waals surface area contributed by atoms with E-state index in [-0.39, 0.29) is 18.0 Å². The molecule has 0 aliphatic carbocycles. The second-order valence-corrected chi connectivity index (χ2v) is 7.72. The summed E-state index contributed by atoms with van der Waals surface area (Å²) in [5.74, 6) is -0.737. The van der Waals surface area contributed by atoms with Crippen LogP contribution in [0, 0.1) is 5.82 Å². The molecule has 124 valence electrons. The lowest BCUT2D eigenvalue weighted by atomic mass is 10.1. The van der Waals surface area contributed by atoms with E-state index < -0.39 is 33.6 Å². The van der Waals surface area contributed by atoms with Gasteiger partial charge < -0.3 is 10.1 Å². The van der Waals surface area contributed by atoms with Gasteiger partial charge in [0.05, 0.1) is 11.0 Å². The van der Waals surface area contributed by atoms with Gasteiger partial charge in [-0.3, -0.25) is 0 Å². The maximum atomic E-state index is 13.2. The summed E-state index contributed by atoms with van der Waals surface area (Å²) in [5.41, 5.74) is 0.358. The van der Waals surface area contributed by atoms with Gasteiger partial charge in [-0.05, 0) is 25.8 Å². The van der Waals surface area contributed by atoms with E-state index in [1.807, 2.05) is 0 Å². The number of ether oxygens (including phenoxy) is 1. The van der Waals surface area contributed by atoms with E-state index in [1.165, 1.54) is 6.07 Å². The number of sulfone groups is 1. The van der Waals surface area contributed by atoms with Crippen molar-refractivity contribution in [3.63, 3.8) is 0 Å². The predicted molar refractivity (Wildman–Crippen MR) is 76.3 cm³/mol. The minimum atomic E-state index is -3.07. The Hall–Kier alpha value is -1.28. The lowest BCUT2D eigenvalue weighted by Gasteiger charge is -2.20. The van der Waals surface area contributed by atoms with Crippen LogP contribution < -0.4 is 10.1 Å². The maximum absolute atomic E-state index is 13.2. The molecule has 1 aromatic carbocycles. The average Bonchev–Trinajstić information content (AvgIpc) is 2.74. The van der Waals surface area contributed by atoms with Crippen molar-refractivity contribution < 1.29 is 26.3 Å². The molecule has 1 aliphatic rings. The molecule has 2 rings (SSSR count). The van der Waals surface area contributed by atoms with Crippen LogP contribution in [0.5, 0.6) is 5.75 Å². The molecule has 1 saturated heterocycles. The van der Waals surface area contributed by atoms with Crippen molar-refractivity contribution in [2.45, 2.75) is 37.7 Å². The zero-order valence-corrected chi connectivity index (χ0v) is 12.9. The average molecular weight is 337 g/mol. The third kappa shape index (κ3) is 4.13. The molecule has 0 aromatic heterocycles. The zero-order chi connectivity index (χ0) is 16.3. The number of halogens is 3. The van der Waals surface area contributed by atoms with Crippen molar-refractivity contribution in [3.8, 4) is 5.75 Å². The number of hydrogen-bond donors (Lipinski definition) is 1. The van der Waals surface area contributed by atoms with E-state index in [0.29, 0.717) is 18.4 Å². The minimum absolute atomic E-state index is 0.185. The van der Waals surface area contributed by atoms with E-state index in [0.717, 1.165) is 12.1 Å². The summed E-state index contributed by atoms with van der Waals surface area (Å²) in [4.78, 5) is 0. The van der Waals surface area contributed by atoms with Crippen molar-refractivity contribution >= 4 is 9.84 Å². The molecule has 0 radical (unpaired) electrons. The second-order valence-electron chi connectivity index (χ2n) is 5.32. The van der Waals surface area contributed by atoms with Gasteiger partial charge in [-0.2, -0.15) is 8.78 Å². The highest BCUT2D eigenvalue weighted by atomic mass is 32.2. The lowest BCUT2D eigenvalue weighted by Crippen LogP contribution is -2.32. The summed E-state index contributed by atoms with van der Waals surface area (Å²) in [7, 11) is -3.07. The van der Waals surface area contributed by atoms with E-state index in [9.17, 15) is 21.6 Å². The van der Waals surface area contributed by atoms with E-state index in [1.54, 1.807) is 6.92 Å². The fourth-order valence-corrected chi connectivity index (χ4v) is 4.35. The van der Waals surface area contributed by atoms with Crippen LogP contribution in [0.25, 0.3) is 0 Å². The Morgan fingerprint density at radius 2 is 2.14 bits per heavy atom. The van der Waals surface area contributed by atoms with Gasteiger partial charge in [0.15, 0.2) is 9.84 Å². The van der Waals surface area contributed by atoms with Gasteiger partial charge in [-0.25, -0.2) is 12.8 Å². The Bertz CT molecular complexity index is 622. The van der Waals surface area contributed by atoms with E-state index in [4.69, 9.17) is 0 Å². The van der Waals surface area contributed by atoms with Crippen LogP contribution >= 0.6 is 0 Å². The van der Waals surface area contributed by atoms with Crippen molar-refractivity contribution in [1.29, 1.82) is 0 Å². The van der Waals surface area contributed by atoms with Crippen LogP contribution in [0.1, 0.15) is 31.4 Å². The first-order valence-corrected chi connectivity index (χ1v) is 8.70. The Morgan fingerprint density at radius 1 is 1.41 bits per heavy atom. The number of rotatable bonds is 6. The normalized spacial score (nSPS) is 22.0. The van der Waals surface area contributed by atoms with Crippen molar-refractivity contribution in [2.24, 2.45) is 0 Å². The quantitative estimate of drug-likeness (QED) is 0.867. The van der Waals surface area contributed by atoms with Crippen LogP contribution in [0.4, 0.5) is 13.2 Å². The van der Waals surface area contributed by atoms with Crippen LogP contribution in [-0.2, 0) is 9.84 Å². The lowest BCUT2D eigenvalue weighted by molar-refractivity contribution is -0.0508. The summed E-state index contributed by atoms with van der Waals surface area (Å²) < 4.78 is 65.8. The highest BCUT2D eigenvalue weighted by molar-refractivity contribution is 7.92. The van der Waals surface area contributed by atoms with Crippen LogP contribution in [0.2, 0.25) is 0 Å². The molecule has 1 aliphatic heterocycles. The Balaban J connectivity index is 2.07. The molecule has 1 heterocycles. The third-order valence-corrected chi connectivity index (χ3v) is 6.05.